The topological polar surface area (TPSA) is 15.3 Å². The second-order valence-corrected chi connectivity index (χ2v) is 4.89. The predicted molar refractivity (Wildman–Crippen MR) is 81.8 cm³/mol. The average Bonchev–Trinajstić information content (AvgIpc) is 2.37. The summed E-state index contributed by atoms with van der Waals surface area (Å²) in [5.74, 6) is -0.337. The molecule has 2 nitrogen and oxygen atoms in total. The Kier molecular flexibility index (Phi) is 9.11. The van der Waals surface area contributed by atoms with Crippen molar-refractivity contribution in [2.24, 2.45) is 0 Å². The van der Waals surface area contributed by atoms with Gasteiger partial charge in [-0.1, -0.05) is 12.1 Å². The normalized spacial score (nSPS) is 17.2. The van der Waals surface area contributed by atoms with Crippen LogP contribution in [0.5, 0.6) is 0 Å². The van der Waals surface area contributed by atoms with E-state index in [0.717, 1.165) is 26.2 Å². The van der Waals surface area contributed by atoms with Gasteiger partial charge >= 0.3 is 0 Å². The third-order valence-corrected chi connectivity index (χ3v) is 3.92. The summed E-state index contributed by atoms with van der Waals surface area (Å²) in [6.45, 7) is 2.78. The van der Waals surface area contributed by atoms with Crippen LogP contribution in [0.1, 0.15) is 11.6 Å². The van der Waals surface area contributed by atoms with Gasteiger partial charge in [0, 0.05) is 26.2 Å². The van der Waals surface area contributed by atoms with Crippen molar-refractivity contribution in [3.8, 4) is 0 Å². The fourth-order valence-corrected chi connectivity index (χ4v) is 2.68. The van der Waals surface area contributed by atoms with Crippen LogP contribution in [0.4, 0.5) is 8.78 Å². The van der Waals surface area contributed by atoms with Gasteiger partial charge in [0.15, 0.2) is 0 Å². The van der Waals surface area contributed by atoms with Crippen molar-refractivity contribution in [1.82, 2.24) is 10.2 Å². The van der Waals surface area contributed by atoms with Crippen molar-refractivity contribution in [2.75, 3.05) is 32.9 Å². The van der Waals surface area contributed by atoms with Crippen LogP contribution < -0.4 is 5.32 Å². The van der Waals surface area contributed by atoms with Gasteiger partial charge in [-0.3, -0.25) is 4.90 Å². The van der Waals surface area contributed by atoms with E-state index in [1.807, 2.05) is 0 Å². The van der Waals surface area contributed by atoms with E-state index in [0.29, 0.717) is 10.0 Å². The molecule has 110 valence electrons. The highest BCUT2D eigenvalue weighted by molar-refractivity contribution is 9.10. The number of nitrogens with one attached hydrogen (secondary N) is 1. The summed E-state index contributed by atoms with van der Waals surface area (Å²) in [7, 11) is 0. The zero-order valence-corrected chi connectivity index (χ0v) is 13.5. The molecular weight excluding hydrogens is 361 g/mol. The van der Waals surface area contributed by atoms with Gasteiger partial charge in [0.25, 0.3) is 0 Å². The van der Waals surface area contributed by atoms with Crippen LogP contribution in [0.15, 0.2) is 22.7 Å². The van der Waals surface area contributed by atoms with Gasteiger partial charge in [0.1, 0.15) is 12.5 Å². The van der Waals surface area contributed by atoms with E-state index in [1.165, 1.54) is 6.07 Å². The molecule has 0 bridgehead atoms. The van der Waals surface area contributed by atoms with Crippen molar-refractivity contribution in [3.63, 3.8) is 0 Å². The molecule has 1 aliphatic heterocycles. The van der Waals surface area contributed by atoms with Crippen molar-refractivity contribution < 1.29 is 8.78 Å². The number of hydrogen-bond donors (Lipinski definition) is 1. The molecule has 1 N–H and O–H groups in total. The molecule has 0 spiro atoms. The lowest BCUT2D eigenvalue weighted by atomic mass is 10.1. The number of rotatable bonds is 3. The van der Waals surface area contributed by atoms with Crippen molar-refractivity contribution in [3.05, 3.63) is 34.1 Å². The molecule has 1 heterocycles. The first-order valence-electron chi connectivity index (χ1n) is 5.68. The zero-order chi connectivity index (χ0) is 12.3. The lowest BCUT2D eigenvalue weighted by Gasteiger charge is -2.34. The first-order chi connectivity index (χ1) is 8.24. The Bertz CT molecular complexity index is 390. The SMILES string of the molecule is Cl.Cl.FC[C@H](c1cccc(F)c1Br)N1CCNCC1. The van der Waals surface area contributed by atoms with Gasteiger partial charge in [0.2, 0.25) is 0 Å². The van der Waals surface area contributed by atoms with Crippen LogP contribution in [0.3, 0.4) is 0 Å². The fourth-order valence-electron chi connectivity index (χ4n) is 2.15. The third-order valence-electron chi connectivity index (χ3n) is 3.08. The van der Waals surface area contributed by atoms with Crippen molar-refractivity contribution in [1.29, 1.82) is 0 Å². The highest BCUT2D eigenvalue weighted by atomic mass is 79.9. The molecule has 2 rings (SSSR count). The van der Waals surface area contributed by atoms with Gasteiger partial charge in [0.05, 0.1) is 10.5 Å². The zero-order valence-electron chi connectivity index (χ0n) is 10.2. The summed E-state index contributed by atoms with van der Waals surface area (Å²) in [5.41, 5.74) is 0.689. The molecule has 1 saturated heterocycles. The van der Waals surface area contributed by atoms with Gasteiger partial charge < -0.3 is 5.32 Å². The molecule has 0 amide bonds. The Balaban J connectivity index is 0.00000162. The minimum atomic E-state index is -0.498. The lowest BCUT2D eigenvalue weighted by molar-refractivity contribution is 0.147. The van der Waals surface area contributed by atoms with Crippen LogP contribution in [-0.2, 0) is 0 Å². The molecule has 1 aromatic carbocycles. The number of hydrogen-bond acceptors (Lipinski definition) is 2. The molecule has 0 radical (unpaired) electrons. The van der Waals surface area contributed by atoms with Crippen molar-refractivity contribution >= 4 is 40.7 Å². The highest BCUT2D eigenvalue weighted by Crippen LogP contribution is 2.30. The minimum absolute atomic E-state index is 0. The van der Waals surface area contributed by atoms with Gasteiger partial charge in [-0.15, -0.1) is 24.8 Å². The van der Waals surface area contributed by atoms with E-state index in [1.54, 1.807) is 12.1 Å². The Labute approximate surface area is 132 Å². The van der Waals surface area contributed by atoms with E-state index < -0.39 is 6.67 Å². The quantitative estimate of drug-likeness (QED) is 0.868. The standard InChI is InChI=1S/C12H15BrF2N2.2ClH/c13-12-9(2-1-3-10(12)15)11(8-14)17-6-4-16-5-7-17;;/h1-3,11,16H,4-8H2;2*1H/t11-;;/m1../s1. The molecule has 1 aliphatic rings. The Morgan fingerprint density at radius 2 is 1.89 bits per heavy atom. The first-order valence-corrected chi connectivity index (χ1v) is 6.48. The molecule has 0 unspecified atom stereocenters. The molecule has 19 heavy (non-hydrogen) atoms. The summed E-state index contributed by atoms with van der Waals surface area (Å²) >= 11 is 3.20. The second kappa shape index (κ2) is 9.08. The summed E-state index contributed by atoms with van der Waals surface area (Å²) in [4.78, 5) is 2.05. The molecule has 7 heteroatoms. The van der Waals surface area contributed by atoms with E-state index in [-0.39, 0.29) is 36.7 Å². The van der Waals surface area contributed by atoms with Crippen LogP contribution in [0.25, 0.3) is 0 Å². The number of piperazine rings is 1. The van der Waals surface area contributed by atoms with Crippen LogP contribution in [-0.4, -0.2) is 37.8 Å². The third kappa shape index (κ3) is 4.53. The van der Waals surface area contributed by atoms with Crippen LogP contribution in [0, 0.1) is 5.82 Å². The largest absolute Gasteiger partial charge is 0.314 e. The predicted octanol–water partition coefficient (Wildman–Crippen LogP) is 3.35. The summed E-state index contributed by atoms with van der Waals surface area (Å²) in [6, 6.07) is 4.42. The van der Waals surface area contributed by atoms with Crippen LogP contribution in [0.2, 0.25) is 0 Å². The lowest BCUT2D eigenvalue weighted by Crippen LogP contribution is -2.45. The summed E-state index contributed by atoms with van der Waals surface area (Å²) in [5, 5.41) is 3.22. The molecule has 0 saturated carbocycles. The molecular formula is C12H17BrCl2F2N2. The number of halogens is 5. The highest BCUT2D eigenvalue weighted by Gasteiger charge is 2.24. The van der Waals surface area contributed by atoms with E-state index in [2.05, 4.69) is 26.1 Å². The average molecular weight is 378 g/mol. The number of benzene rings is 1. The Hall–Kier alpha value is 0.0600. The van der Waals surface area contributed by atoms with Gasteiger partial charge in [-0.2, -0.15) is 0 Å². The van der Waals surface area contributed by atoms with Crippen LogP contribution >= 0.6 is 40.7 Å². The second-order valence-electron chi connectivity index (χ2n) is 4.10. The first kappa shape index (κ1) is 19.1. The maximum absolute atomic E-state index is 13.4. The molecule has 1 aromatic rings. The fraction of sp³-hybridized carbons (Fsp3) is 0.500. The molecule has 0 aliphatic carbocycles. The van der Waals surface area contributed by atoms with E-state index in [4.69, 9.17) is 0 Å². The Morgan fingerprint density at radius 1 is 1.26 bits per heavy atom. The molecule has 1 fully saturated rings. The maximum Gasteiger partial charge on any atom is 0.137 e. The number of alkyl halides is 1. The monoisotopic (exact) mass is 376 g/mol. The van der Waals surface area contributed by atoms with E-state index in [9.17, 15) is 8.78 Å². The minimum Gasteiger partial charge on any atom is -0.314 e. The van der Waals surface area contributed by atoms with Gasteiger partial charge in [-0.05, 0) is 27.6 Å². The smallest absolute Gasteiger partial charge is 0.137 e. The Morgan fingerprint density at radius 3 is 2.47 bits per heavy atom. The van der Waals surface area contributed by atoms with E-state index >= 15 is 0 Å². The van der Waals surface area contributed by atoms with Gasteiger partial charge in [-0.25, -0.2) is 8.78 Å². The number of nitrogens with zero attached hydrogens (tertiary/aromatic N) is 1. The maximum atomic E-state index is 13.4. The summed E-state index contributed by atoms with van der Waals surface area (Å²) in [6.07, 6.45) is 0. The molecule has 1 atom stereocenters. The molecule has 0 aromatic heterocycles. The summed E-state index contributed by atoms with van der Waals surface area (Å²) < 4.78 is 27.1. The van der Waals surface area contributed by atoms with Crippen molar-refractivity contribution in [2.45, 2.75) is 6.04 Å².